The second-order valence-corrected chi connectivity index (χ2v) is 12.9. The van der Waals surface area contributed by atoms with Crippen LogP contribution >= 0.6 is 0 Å². The molecule has 0 bridgehead atoms. The van der Waals surface area contributed by atoms with Crippen molar-refractivity contribution in [1.82, 2.24) is 5.32 Å². The van der Waals surface area contributed by atoms with E-state index in [0.717, 1.165) is 24.0 Å². The van der Waals surface area contributed by atoms with Crippen molar-refractivity contribution in [2.24, 2.45) is 28.6 Å². The monoisotopic (exact) mass is 563 g/mol. The Bertz CT molecular complexity index is 1290. The van der Waals surface area contributed by atoms with E-state index in [1.807, 2.05) is 50.3 Å². The summed E-state index contributed by atoms with van der Waals surface area (Å²) in [5.41, 5.74) is -1.01. The molecule has 4 aliphatic carbocycles. The zero-order chi connectivity index (χ0) is 29.6. The van der Waals surface area contributed by atoms with Gasteiger partial charge in [-0.3, -0.25) is 19.2 Å². The molecule has 0 unspecified atom stereocenters. The molecule has 0 heterocycles. The third-order valence-electron chi connectivity index (χ3n) is 10.7. The van der Waals surface area contributed by atoms with Gasteiger partial charge in [-0.1, -0.05) is 55.8 Å². The number of carbonyl (C=O) groups excluding carboxylic acids is 4. The summed E-state index contributed by atoms with van der Waals surface area (Å²) < 4.78 is 5.24. The number of hydrogen-bond donors (Lipinski definition) is 3. The van der Waals surface area contributed by atoms with Gasteiger partial charge < -0.3 is 20.3 Å². The van der Waals surface area contributed by atoms with Crippen molar-refractivity contribution in [3.63, 3.8) is 0 Å². The predicted octanol–water partition coefficient (Wildman–Crippen LogP) is 3.77. The van der Waals surface area contributed by atoms with Crippen molar-refractivity contribution < 1.29 is 34.1 Å². The molecule has 8 nitrogen and oxygen atoms in total. The smallest absolute Gasteiger partial charge is 0.306 e. The maximum atomic E-state index is 13.4. The molecule has 5 rings (SSSR count). The van der Waals surface area contributed by atoms with E-state index in [1.54, 1.807) is 12.2 Å². The lowest BCUT2D eigenvalue weighted by molar-refractivity contribution is -0.181. The van der Waals surface area contributed by atoms with Crippen LogP contribution in [-0.2, 0) is 23.9 Å². The van der Waals surface area contributed by atoms with E-state index in [9.17, 15) is 29.4 Å². The summed E-state index contributed by atoms with van der Waals surface area (Å²) in [4.78, 5) is 50.2. The van der Waals surface area contributed by atoms with Gasteiger partial charge in [0.05, 0.1) is 18.6 Å². The Morgan fingerprint density at radius 1 is 1.12 bits per heavy atom. The van der Waals surface area contributed by atoms with Crippen LogP contribution in [0, 0.1) is 28.6 Å². The number of carbonyl (C=O) groups is 4. The quantitative estimate of drug-likeness (QED) is 0.411. The normalized spacial score (nSPS) is 36.3. The number of hydrogen-bond acceptors (Lipinski definition) is 7. The fraction of sp³-hybridized carbons (Fsp3) is 0.576. The maximum Gasteiger partial charge on any atom is 0.306 e. The number of esters is 1. The van der Waals surface area contributed by atoms with Gasteiger partial charge in [-0.05, 0) is 68.6 Å². The van der Waals surface area contributed by atoms with E-state index < -0.39 is 40.9 Å². The minimum absolute atomic E-state index is 0.0141. The molecule has 3 saturated carbocycles. The SMILES string of the molecule is C[C@H](NC(=O)CCC(=O)OCC(=O)[C@@]1(O)CC[C@@H]2[C@@H]3CCC4=CC(=O)C=C[C@]4(C)[C@H]3[C@@H](O)C[C@@]21C)c1ccccc1. The van der Waals surface area contributed by atoms with Crippen LogP contribution in [0.3, 0.4) is 0 Å². The van der Waals surface area contributed by atoms with Gasteiger partial charge in [0.25, 0.3) is 0 Å². The number of nitrogens with one attached hydrogen (secondary N) is 1. The molecule has 0 radical (unpaired) electrons. The van der Waals surface area contributed by atoms with Gasteiger partial charge in [0.1, 0.15) is 5.60 Å². The maximum absolute atomic E-state index is 13.4. The third kappa shape index (κ3) is 5.10. The predicted molar refractivity (Wildman–Crippen MR) is 151 cm³/mol. The lowest BCUT2D eigenvalue weighted by atomic mass is 9.46. The number of aliphatic hydroxyl groups is 2. The van der Waals surface area contributed by atoms with Crippen molar-refractivity contribution in [2.75, 3.05) is 6.61 Å². The highest BCUT2D eigenvalue weighted by atomic mass is 16.5. The van der Waals surface area contributed by atoms with Crippen LogP contribution in [0.25, 0.3) is 0 Å². The van der Waals surface area contributed by atoms with E-state index in [4.69, 9.17) is 4.74 Å². The van der Waals surface area contributed by atoms with Crippen LogP contribution < -0.4 is 5.32 Å². The number of benzene rings is 1. The van der Waals surface area contributed by atoms with Crippen LogP contribution in [0.4, 0.5) is 0 Å². The molecule has 1 amide bonds. The fourth-order valence-electron chi connectivity index (χ4n) is 8.48. The minimum Gasteiger partial charge on any atom is -0.458 e. The molecule has 1 aromatic carbocycles. The van der Waals surface area contributed by atoms with Crippen LogP contribution in [0.2, 0.25) is 0 Å². The Kier molecular flexibility index (Phi) is 7.85. The molecule has 4 aliphatic rings. The molecular formula is C33H41NO7. The summed E-state index contributed by atoms with van der Waals surface area (Å²) in [6, 6.07) is 9.29. The molecule has 8 atom stereocenters. The van der Waals surface area contributed by atoms with Gasteiger partial charge >= 0.3 is 5.97 Å². The van der Waals surface area contributed by atoms with Crippen LogP contribution in [0.5, 0.6) is 0 Å². The molecular weight excluding hydrogens is 522 g/mol. The molecule has 3 N–H and O–H groups in total. The zero-order valence-corrected chi connectivity index (χ0v) is 24.1. The Balaban J connectivity index is 1.18. The number of fused-ring (bicyclic) bond motifs is 5. The lowest BCUT2D eigenvalue weighted by Crippen LogP contribution is -2.61. The van der Waals surface area contributed by atoms with E-state index in [2.05, 4.69) is 12.2 Å². The molecule has 0 aliphatic heterocycles. The average Bonchev–Trinajstić information content (AvgIpc) is 3.21. The number of ether oxygens (including phenoxy) is 1. The number of amides is 1. The molecule has 8 heteroatoms. The molecule has 220 valence electrons. The second kappa shape index (κ2) is 11.0. The average molecular weight is 564 g/mol. The highest BCUT2D eigenvalue weighted by Gasteiger charge is 2.68. The van der Waals surface area contributed by atoms with Gasteiger partial charge in [0.15, 0.2) is 12.4 Å². The molecule has 0 saturated heterocycles. The summed E-state index contributed by atoms with van der Waals surface area (Å²) in [7, 11) is 0. The molecule has 3 fully saturated rings. The summed E-state index contributed by atoms with van der Waals surface area (Å²) in [5, 5.41) is 26.1. The summed E-state index contributed by atoms with van der Waals surface area (Å²) in [5.74, 6) is -1.55. The highest BCUT2D eigenvalue weighted by Crippen LogP contribution is 2.67. The van der Waals surface area contributed by atoms with Crippen LogP contribution in [-0.4, -0.2) is 52.0 Å². The first-order chi connectivity index (χ1) is 19.4. The van der Waals surface area contributed by atoms with Crippen LogP contribution in [0.1, 0.15) is 77.3 Å². The number of Topliss-reactive ketones (excluding diaryl/α,β-unsaturated/α-hetero) is 1. The molecule has 0 aromatic heterocycles. The standard InChI is InChI=1S/C33H41NO7/c1-20(21-7-5-4-6-8-21)34-28(38)11-12-29(39)41-19-27(37)33(40)16-14-25-24-10-9-22-17-23(35)13-15-31(22,2)30(24)26(36)18-32(25,33)3/h4-8,13,15,17,20,24-26,30,36,40H,9-12,14,16,18-19H2,1-3H3,(H,34,38)/t20-,24-,25+,26-,30+,31-,32-,33-/m0/s1. The van der Waals surface area contributed by atoms with Crippen molar-refractivity contribution in [2.45, 2.75) is 83.5 Å². The van der Waals surface area contributed by atoms with Crippen LogP contribution in [0.15, 0.2) is 54.1 Å². The number of ketones is 2. The fourth-order valence-corrected chi connectivity index (χ4v) is 8.48. The van der Waals surface area contributed by atoms with Gasteiger partial charge in [-0.25, -0.2) is 0 Å². The summed E-state index contributed by atoms with van der Waals surface area (Å²) in [6.45, 7) is 5.26. The third-order valence-corrected chi connectivity index (χ3v) is 10.7. The van der Waals surface area contributed by atoms with Gasteiger partial charge in [0, 0.05) is 23.2 Å². The van der Waals surface area contributed by atoms with Crippen molar-refractivity contribution >= 4 is 23.4 Å². The van der Waals surface area contributed by atoms with E-state index in [-0.39, 0.29) is 61.2 Å². The van der Waals surface area contributed by atoms with Gasteiger partial charge in [-0.2, -0.15) is 0 Å². The first-order valence-electron chi connectivity index (χ1n) is 14.8. The number of rotatable bonds is 8. The van der Waals surface area contributed by atoms with Crippen molar-refractivity contribution in [3.8, 4) is 0 Å². The topological polar surface area (TPSA) is 130 Å². The summed E-state index contributed by atoms with van der Waals surface area (Å²) >= 11 is 0. The molecule has 1 aromatic rings. The van der Waals surface area contributed by atoms with Gasteiger partial charge in [-0.15, -0.1) is 0 Å². The summed E-state index contributed by atoms with van der Waals surface area (Å²) in [6.07, 6.45) is 6.88. The largest absolute Gasteiger partial charge is 0.458 e. The highest BCUT2D eigenvalue weighted by molar-refractivity contribution is 6.01. The Morgan fingerprint density at radius 3 is 2.59 bits per heavy atom. The number of allylic oxidation sites excluding steroid dienone is 4. The van der Waals surface area contributed by atoms with Crippen molar-refractivity contribution in [3.05, 3.63) is 59.7 Å². The molecule has 0 spiro atoms. The Morgan fingerprint density at radius 2 is 1.85 bits per heavy atom. The minimum atomic E-state index is -1.72. The Hall–Kier alpha value is -3.10. The van der Waals surface area contributed by atoms with E-state index in [0.29, 0.717) is 6.42 Å². The first-order valence-corrected chi connectivity index (χ1v) is 14.8. The Labute approximate surface area is 241 Å². The second-order valence-electron chi connectivity index (χ2n) is 12.9. The van der Waals surface area contributed by atoms with Gasteiger partial charge in [0.2, 0.25) is 11.7 Å². The van der Waals surface area contributed by atoms with E-state index >= 15 is 0 Å². The van der Waals surface area contributed by atoms with E-state index in [1.165, 1.54) is 0 Å². The first kappa shape index (κ1) is 29.4. The van der Waals surface area contributed by atoms with Crippen molar-refractivity contribution in [1.29, 1.82) is 0 Å². The number of aliphatic hydroxyl groups excluding tert-OH is 1. The molecule has 41 heavy (non-hydrogen) atoms. The zero-order valence-electron chi connectivity index (χ0n) is 24.1. The lowest BCUT2D eigenvalue weighted by Gasteiger charge is -2.59.